The van der Waals surface area contributed by atoms with Crippen molar-refractivity contribution in [3.8, 4) is 5.75 Å². The maximum Gasteiger partial charge on any atom is 0.210 e. The molecule has 252 valence electrons. The van der Waals surface area contributed by atoms with Crippen LogP contribution in [0.25, 0.3) is 21.5 Å². The standard InChI is InChI=1S/C44H43N2O4/c1-8-10-22-45-34-20-18-28-27(26-47)14-12-15-30(28)39(34)43(3,4)37(45)24-32-41(48)33(42(32)49)25-38-44(5,6)40-31-16-13-17-36(50-7)29(31)19-21-35(40)46(38)23-11-9-2/h9-10,12-21,24-25,32,47H,1-2,11,22-23,26H2,3-7H3/q+1/b33-25?,37-24+. The second-order valence-electron chi connectivity index (χ2n) is 14.3. The van der Waals surface area contributed by atoms with E-state index in [0.717, 1.165) is 73.2 Å². The molecule has 50 heavy (non-hydrogen) atoms. The highest BCUT2D eigenvalue weighted by Gasteiger charge is 2.51. The second kappa shape index (κ2) is 12.2. The van der Waals surface area contributed by atoms with Crippen molar-refractivity contribution in [2.75, 3.05) is 25.1 Å². The number of hydrogen-bond acceptors (Lipinski definition) is 5. The Hall–Kier alpha value is -5.29. The summed E-state index contributed by atoms with van der Waals surface area (Å²) in [5, 5.41) is 14.2. The lowest BCUT2D eigenvalue weighted by Crippen LogP contribution is -2.42. The molecule has 1 saturated carbocycles. The molecule has 4 aromatic rings. The van der Waals surface area contributed by atoms with Gasteiger partial charge >= 0.3 is 0 Å². The first-order valence-electron chi connectivity index (χ1n) is 17.2. The molecule has 4 aromatic carbocycles. The number of Topliss-reactive ketones (excluding diaryl/α,β-unsaturated/α-hetero) is 2. The van der Waals surface area contributed by atoms with Crippen molar-refractivity contribution in [3.05, 3.63) is 132 Å². The number of benzene rings is 4. The molecule has 0 aromatic heterocycles. The Kier molecular flexibility index (Phi) is 8.13. The summed E-state index contributed by atoms with van der Waals surface area (Å²) in [6.45, 7) is 17.4. The molecule has 0 unspecified atom stereocenters. The zero-order valence-corrected chi connectivity index (χ0v) is 29.5. The van der Waals surface area contributed by atoms with Crippen LogP contribution in [-0.2, 0) is 27.0 Å². The molecule has 0 amide bonds. The molecule has 2 aliphatic heterocycles. The number of methoxy groups -OCH3 is 1. The Balaban J connectivity index is 1.30. The summed E-state index contributed by atoms with van der Waals surface area (Å²) in [6, 6.07) is 20.4. The number of ketones is 2. The van der Waals surface area contributed by atoms with Gasteiger partial charge in [-0.1, -0.05) is 62.9 Å². The number of nitrogens with zero attached hydrogens (tertiary/aromatic N) is 2. The molecule has 7 rings (SSSR count). The van der Waals surface area contributed by atoms with Crippen LogP contribution in [0.5, 0.6) is 5.75 Å². The molecule has 1 N–H and O–H groups in total. The van der Waals surface area contributed by atoms with Crippen molar-refractivity contribution in [2.45, 2.75) is 51.6 Å². The fraction of sp³-hybridized carbons (Fsp3) is 0.273. The largest absolute Gasteiger partial charge is 0.496 e. The van der Waals surface area contributed by atoms with Crippen LogP contribution in [0.4, 0.5) is 11.4 Å². The zero-order chi connectivity index (χ0) is 35.5. The number of carbonyl (C=O) groups is 2. The highest BCUT2D eigenvalue weighted by molar-refractivity contribution is 6.41. The van der Waals surface area contributed by atoms with Gasteiger partial charge < -0.3 is 14.7 Å². The van der Waals surface area contributed by atoms with Crippen molar-refractivity contribution < 1.29 is 24.0 Å². The quantitative estimate of drug-likeness (QED) is 0.0489. The number of rotatable bonds is 9. The molecule has 6 heteroatoms. The van der Waals surface area contributed by atoms with Crippen LogP contribution in [0.15, 0.2) is 115 Å². The SMILES string of the molecule is C=C=CCN1/C(=C/C2C(=O)C(=CC3=[N+](CCC=C)c4ccc5c(OC)cccc5c4C3(C)C)C2=O)C(C)(C)c2c1ccc1c(CO)cccc21. The van der Waals surface area contributed by atoms with Crippen molar-refractivity contribution in [1.82, 2.24) is 0 Å². The monoisotopic (exact) mass is 663 g/mol. The summed E-state index contributed by atoms with van der Waals surface area (Å²) in [7, 11) is 1.68. The van der Waals surface area contributed by atoms with Crippen LogP contribution in [0, 0.1) is 5.92 Å². The van der Waals surface area contributed by atoms with E-state index in [2.05, 4.69) is 86.4 Å². The molecule has 2 heterocycles. The number of allylic oxidation sites excluding steroid dienone is 4. The smallest absolute Gasteiger partial charge is 0.210 e. The third-order valence-corrected chi connectivity index (χ3v) is 10.9. The number of aliphatic hydroxyl groups excluding tert-OH is 1. The second-order valence-corrected chi connectivity index (χ2v) is 14.3. The molecule has 1 fully saturated rings. The predicted molar refractivity (Wildman–Crippen MR) is 202 cm³/mol. The molecular formula is C44H43N2O4+. The van der Waals surface area contributed by atoms with E-state index < -0.39 is 16.7 Å². The number of ether oxygens (including phenoxy) is 1. The summed E-state index contributed by atoms with van der Waals surface area (Å²) in [5.74, 6) is -0.411. The third-order valence-electron chi connectivity index (χ3n) is 10.9. The van der Waals surface area contributed by atoms with Crippen molar-refractivity contribution in [3.63, 3.8) is 0 Å². The van der Waals surface area contributed by atoms with E-state index in [4.69, 9.17) is 4.74 Å². The van der Waals surface area contributed by atoms with Gasteiger partial charge in [0.2, 0.25) is 5.69 Å². The molecule has 0 radical (unpaired) electrons. The molecule has 0 bridgehead atoms. The molecule has 1 aliphatic carbocycles. The maximum atomic E-state index is 14.1. The van der Waals surface area contributed by atoms with Crippen LogP contribution >= 0.6 is 0 Å². The lowest BCUT2D eigenvalue weighted by Gasteiger charge is -2.30. The number of aliphatic hydroxyl groups is 1. The van der Waals surface area contributed by atoms with Gasteiger partial charge in [0.05, 0.1) is 24.7 Å². The minimum absolute atomic E-state index is 0.0569. The first-order chi connectivity index (χ1) is 24.0. The van der Waals surface area contributed by atoms with E-state index in [1.807, 2.05) is 54.6 Å². The summed E-state index contributed by atoms with van der Waals surface area (Å²) in [6.07, 6.45) is 8.20. The summed E-state index contributed by atoms with van der Waals surface area (Å²) < 4.78 is 7.93. The Morgan fingerprint density at radius 1 is 0.920 bits per heavy atom. The van der Waals surface area contributed by atoms with E-state index in [-0.39, 0.29) is 23.7 Å². The van der Waals surface area contributed by atoms with Crippen molar-refractivity contribution >= 4 is 50.2 Å². The van der Waals surface area contributed by atoms with Gasteiger partial charge in [-0.2, -0.15) is 4.58 Å². The van der Waals surface area contributed by atoms with Crippen LogP contribution in [0.3, 0.4) is 0 Å². The highest BCUT2D eigenvalue weighted by Crippen LogP contribution is 2.52. The van der Waals surface area contributed by atoms with E-state index in [1.165, 1.54) is 0 Å². The van der Waals surface area contributed by atoms with Gasteiger partial charge in [0.1, 0.15) is 11.7 Å². The van der Waals surface area contributed by atoms with E-state index in [1.54, 1.807) is 7.11 Å². The third kappa shape index (κ3) is 4.78. The Morgan fingerprint density at radius 2 is 1.62 bits per heavy atom. The summed E-state index contributed by atoms with van der Waals surface area (Å²) in [4.78, 5) is 30.3. The van der Waals surface area contributed by atoms with Gasteiger partial charge in [0.15, 0.2) is 23.8 Å². The van der Waals surface area contributed by atoms with Crippen molar-refractivity contribution in [1.29, 1.82) is 0 Å². The molecule has 0 saturated heterocycles. The normalized spacial score (nSPS) is 19.5. The van der Waals surface area contributed by atoms with Gasteiger partial charge in [-0.3, -0.25) is 9.59 Å². The van der Waals surface area contributed by atoms with Gasteiger partial charge in [-0.15, -0.1) is 12.3 Å². The maximum absolute atomic E-state index is 14.1. The van der Waals surface area contributed by atoms with Gasteiger partial charge in [0.25, 0.3) is 0 Å². The van der Waals surface area contributed by atoms with Crippen LogP contribution in [0.1, 0.15) is 50.8 Å². The Labute approximate surface area is 293 Å². The highest BCUT2D eigenvalue weighted by atomic mass is 16.5. The molecule has 0 atom stereocenters. The Bertz CT molecular complexity index is 2280. The molecule has 6 nitrogen and oxygen atoms in total. The Morgan fingerprint density at radius 3 is 2.30 bits per heavy atom. The fourth-order valence-corrected chi connectivity index (χ4v) is 8.46. The average Bonchev–Trinajstić information content (AvgIpc) is 3.47. The van der Waals surface area contributed by atoms with E-state index in [9.17, 15) is 14.7 Å². The van der Waals surface area contributed by atoms with Gasteiger partial charge in [-0.25, -0.2) is 0 Å². The van der Waals surface area contributed by atoms with Crippen LogP contribution < -0.4 is 9.64 Å². The van der Waals surface area contributed by atoms with E-state index in [0.29, 0.717) is 13.1 Å². The molecular weight excluding hydrogens is 620 g/mol. The minimum atomic E-state index is -0.876. The topological polar surface area (TPSA) is 69.8 Å². The number of carbonyl (C=O) groups excluding carboxylic acids is 2. The van der Waals surface area contributed by atoms with Gasteiger partial charge in [-0.05, 0) is 71.5 Å². The van der Waals surface area contributed by atoms with Crippen LogP contribution in [-0.4, -0.2) is 47.2 Å². The lowest BCUT2D eigenvalue weighted by molar-refractivity contribution is -0.436. The predicted octanol–water partition coefficient (Wildman–Crippen LogP) is 8.16. The average molecular weight is 664 g/mol. The molecule has 3 aliphatic rings. The van der Waals surface area contributed by atoms with Gasteiger partial charge in [0, 0.05) is 52.9 Å². The lowest BCUT2D eigenvalue weighted by atomic mass is 9.71. The number of hydrogen-bond donors (Lipinski definition) is 1. The zero-order valence-electron chi connectivity index (χ0n) is 29.5. The summed E-state index contributed by atoms with van der Waals surface area (Å²) >= 11 is 0. The van der Waals surface area contributed by atoms with Crippen LogP contribution in [0.2, 0.25) is 0 Å². The molecule has 0 spiro atoms. The van der Waals surface area contributed by atoms with E-state index >= 15 is 0 Å². The summed E-state index contributed by atoms with van der Waals surface area (Å²) in [5.41, 5.74) is 9.10. The minimum Gasteiger partial charge on any atom is -0.496 e. The number of fused-ring (bicyclic) bond motifs is 6. The number of anilines is 1. The fourth-order valence-electron chi connectivity index (χ4n) is 8.46. The first kappa shape index (κ1) is 33.2. The first-order valence-corrected chi connectivity index (χ1v) is 17.2. The van der Waals surface area contributed by atoms with Crippen molar-refractivity contribution in [2.24, 2.45) is 5.92 Å².